The first kappa shape index (κ1) is 23.4. The van der Waals surface area contributed by atoms with E-state index in [1.807, 2.05) is 0 Å². The van der Waals surface area contributed by atoms with Crippen LogP contribution in [-0.4, -0.2) is 31.0 Å². The monoisotopic (exact) mass is 507 g/mol. The molecule has 0 radical (unpaired) electrons. The summed E-state index contributed by atoms with van der Waals surface area (Å²) >= 11 is 6.13. The van der Waals surface area contributed by atoms with Crippen molar-refractivity contribution in [1.29, 1.82) is 0 Å². The van der Waals surface area contributed by atoms with E-state index in [4.69, 9.17) is 25.5 Å². The number of carbonyl (C=O) groups is 2. The molecule has 0 aliphatic carbocycles. The number of ether oxygens (including phenoxy) is 2. The van der Waals surface area contributed by atoms with Gasteiger partial charge in [0.15, 0.2) is 22.9 Å². The van der Waals surface area contributed by atoms with Crippen LogP contribution in [0.1, 0.15) is 22.2 Å². The average Bonchev–Trinajstić information content (AvgIpc) is 3.42. The van der Waals surface area contributed by atoms with Crippen LogP contribution < -0.4 is 14.4 Å². The third kappa shape index (κ3) is 3.76. The number of carbonyl (C=O) groups excluding carboxylic acids is 2. The van der Waals surface area contributed by atoms with Gasteiger partial charge in [0.1, 0.15) is 11.6 Å². The van der Waals surface area contributed by atoms with Gasteiger partial charge in [0.25, 0.3) is 5.91 Å². The van der Waals surface area contributed by atoms with Crippen LogP contribution in [0.15, 0.2) is 82.5 Å². The quantitative estimate of drug-likeness (QED) is 0.321. The SMILES string of the molecule is COc1cccc(N2C(=O)C(O)=C(C(=O)c3cc4cc(Cl)cc(OC)c4o3)C2c2ccccc2F)c1. The second-order valence-corrected chi connectivity index (χ2v) is 8.47. The number of methoxy groups -OCH3 is 2. The summed E-state index contributed by atoms with van der Waals surface area (Å²) in [7, 11) is 2.89. The van der Waals surface area contributed by atoms with Crippen LogP contribution in [0.2, 0.25) is 5.02 Å². The van der Waals surface area contributed by atoms with E-state index in [0.29, 0.717) is 27.6 Å². The van der Waals surface area contributed by atoms with Crippen molar-refractivity contribution in [2.24, 2.45) is 0 Å². The van der Waals surface area contributed by atoms with Crippen molar-refractivity contribution in [2.45, 2.75) is 6.04 Å². The summed E-state index contributed by atoms with van der Waals surface area (Å²) in [5.41, 5.74) is 0.275. The number of furan rings is 1. The molecule has 2 heterocycles. The van der Waals surface area contributed by atoms with Gasteiger partial charge in [-0.05, 0) is 30.3 Å². The number of hydrogen-bond donors (Lipinski definition) is 1. The number of aliphatic hydroxyl groups is 1. The number of hydrogen-bond acceptors (Lipinski definition) is 6. The first-order valence-corrected chi connectivity index (χ1v) is 11.2. The van der Waals surface area contributed by atoms with E-state index in [0.717, 1.165) is 4.90 Å². The number of Topliss-reactive ketones (excluding diaryl/α,β-unsaturated/α-hetero) is 1. The molecule has 9 heteroatoms. The highest BCUT2D eigenvalue weighted by Gasteiger charge is 2.46. The highest BCUT2D eigenvalue weighted by molar-refractivity contribution is 6.31. The molecule has 1 N–H and O–H groups in total. The smallest absolute Gasteiger partial charge is 0.294 e. The van der Waals surface area contributed by atoms with E-state index in [2.05, 4.69) is 0 Å². The Morgan fingerprint density at radius 2 is 1.83 bits per heavy atom. The molecule has 36 heavy (non-hydrogen) atoms. The fourth-order valence-electron chi connectivity index (χ4n) is 4.34. The highest BCUT2D eigenvalue weighted by Crippen LogP contribution is 2.44. The van der Waals surface area contributed by atoms with Crippen LogP contribution in [0, 0.1) is 5.82 Å². The van der Waals surface area contributed by atoms with Crippen LogP contribution in [0.25, 0.3) is 11.0 Å². The Balaban J connectivity index is 1.68. The molecule has 1 atom stereocenters. The number of nitrogens with zero attached hydrogens (tertiary/aromatic N) is 1. The van der Waals surface area contributed by atoms with Crippen LogP contribution in [-0.2, 0) is 4.79 Å². The van der Waals surface area contributed by atoms with Crippen molar-refractivity contribution in [3.05, 3.63) is 100 Å². The number of amides is 1. The number of aliphatic hydroxyl groups excluding tert-OH is 1. The van der Waals surface area contributed by atoms with Gasteiger partial charge in [-0.15, -0.1) is 0 Å². The summed E-state index contributed by atoms with van der Waals surface area (Å²) in [5.74, 6) is -2.53. The second kappa shape index (κ2) is 9.05. The zero-order chi connectivity index (χ0) is 25.6. The summed E-state index contributed by atoms with van der Waals surface area (Å²) in [6.07, 6.45) is 0. The second-order valence-electron chi connectivity index (χ2n) is 8.03. The number of ketones is 1. The highest BCUT2D eigenvalue weighted by atomic mass is 35.5. The van der Waals surface area contributed by atoms with Crippen molar-refractivity contribution in [3.8, 4) is 11.5 Å². The largest absolute Gasteiger partial charge is 0.503 e. The molecule has 0 saturated heterocycles. The predicted octanol–water partition coefficient (Wildman–Crippen LogP) is 6.03. The first-order valence-electron chi connectivity index (χ1n) is 10.8. The Bertz CT molecular complexity index is 1560. The fraction of sp³-hybridized carbons (Fsp3) is 0.111. The Kier molecular flexibility index (Phi) is 5.89. The van der Waals surface area contributed by atoms with E-state index in [1.165, 1.54) is 44.6 Å². The van der Waals surface area contributed by atoms with Crippen LogP contribution >= 0.6 is 11.6 Å². The maximum Gasteiger partial charge on any atom is 0.294 e. The van der Waals surface area contributed by atoms with E-state index >= 15 is 4.39 Å². The predicted molar refractivity (Wildman–Crippen MR) is 131 cm³/mol. The zero-order valence-electron chi connectivity index (χ0n) is 19.1. The van der Waals surface area contributed by atoms with Gasteiger partial charge in [-0.25, -0.2) is 4.39 Å². The number of fused-ring (bicyclic) bond motifs is 1. The van der Waals surface area contributed by atoms with E-state index in [9.17, 15) is 14.7 Å². The number of halogens is 2. The molecule has 1 aliphatic rings. The van der Waals surface area contributed by atoms with Crippen molar-refractivity contribution >= 4 is 39.9 Å². The van der Waals surface area contributed by atoms with Crippen LogP contribution in [0.5, 0.6) is 11.5 Å². The van der Waals surface area contributed by atoms with E-state index < -0.39 is 29.3 Å². The maximum absolute atomic E-state index is 15.0. The van der Waals surface area contributed by atoms with Crippen LogP contribution in [0.3, 0.4) is 0 Å². The lowest BCUT2D eigenvalue weighted by Gasteiger charge is -2.27. The third-order valence-electron chi connectivity index (χ3n) is 5.97. The molecule has 1 unspecified atom stereocenters. The van der Waals surface area contributed by atoms with Gasteiger partial charge < -0.3 is 19.0 Å². The van der Waals surface area contributed by atoms with E-state index in [1.54, 1.807) is 36.4 Å². The zero-order valence-corrected chi connectivity index (χ0v) is 19.9. The molecule has 1 aliphatic heterocycles. The molecular weight excluding hydrogens is 489 g/mol. The van der Waals surface area contributed by atoms with Crippen molar-refractivity contribution < 1.29 is 33.0 Å². The summed E-state index contributed by atoms with van der Waals surface area (Å²) in [4.78, 5) is 28.2. The van der Waals surface area contributed by atoms with Gasteiger partial charge in [0.2, 0.25) is 5.78 Å². The molecule has 5 rings (SSSR count). The van der Waals surface area contributed by atoms with Gasteiger partial charge >= 0.3 is 0 Å². The Labute approximate surface area is 209 Å². The van der Waals surface area contributed by atoms with Crippen LogP contribution in [0.4, 0.5) is 10.1 Å². The molecule has 1 amide bonds. The molecular formula is C27H19ClFNO6. The normalized spacial score (nSPS) is 15.6. The van der Waals surface area contributed by atoms with Gasteiger partial charge in [0, 0.05) is 33.8 Å². The lowest BCUT2D eigenvalue weighted by atomic mass is 9.94. The molecule has 0 spiro atoms. The molecule has 0 saturated carbocycles. The molecule has 0 fully saturated rings. The Morgan fingerprint density at radius 1 is 1.06 bits per heavy atom. The van der Waals surface area contributed by atoms with Crippen molar-refractivity contribution in [3.63, 3.8) is 0 Å². The minimum Gasteiger partial charge on any atom is -0.503 e. The molecule has 7 nitrogen and oxygen atoms in total. The topological polar surface area (TPSA) is 89.2 Å². The Morgan fingerprint density at radius 3 is 2.56 bits per heavy atom. The first-order chi connectivity index (χ1) is 17.3. The van der Waals surface area contributed by atoms with Gasteiger partial charge in [-0.3, -0.25) is 14.5 Å². The fourth-order valence-corrected chi connectivity index (χ4v) is 4.55. The third-order valence-corrected chi connectivity index (χ3v) is 6.19. The van der Waals surface area contributed by atoms with Gasteiger partial charge in [-0.2, -0.15) is 0 Å². The molecule has 182 valence electrons. The molecule has 0 bridgehead atoms. The van der Waals surface area contributed by atoms with Gasteiger partial charge in [0.05, 0.1) is 25.8 Å². The number of rotatable bonds is 6. The number of anilines is 1. The van der Waals surface area contributed by atoms with E-state index in [-0.39, 0.29) is 22.5 Å². The maximum atomic E-state index is 15.0. The minimum atomic E-state index is -1.27. The molecule has 1 aromatic heterocycles. The summed E-state index contributed by atoms with van der Waals surface area (Å²) < 4.78 is 31.4. The lowest BCUT2D eigenvalue weighted by molar-refractivity contribution is -0.117. The number of benzene rings is 3. The molecule has 3 aromatic carbocycles. The van der Waals surface area contributed by atoms with Crippen molar-refractivity contribution in [1.82, 2.24) is 0 Å². The van der Waals surface area contributed by atoms with Crippen molar-refractivity contribution in [2.75, 3.05) is 19.1 Å². The van der Waals surface area contributed by atoms with Gasteiger partial charge in [-0.1, -0.05) is 35.9 Å². The average molecular weight is 508 g/mol. The molecule has 4 aromatic rings. The summed E-state index contributed by atoms with van der Waals surface area (Å²) in [6, 6.07) is 15.5. The minimum absolute atomic E-state index is 0.0257. The summed E-state index contributed by atoms with van der Waals surface area (Å²) in [5, 5.41) is 11.8. The Hall–Kier alpha value is -4.30. The lowest BCUT2D eigenvalue weighted by Crippen LogP contribution is -2.31. The summed E-state index contributed by atoms with van der Waals surface area (Å²) in [6.45, 7) is 0. The standard InChI is InChI=1S/C27H19ClFNO6/c1-34-17-7-5-6-16(13-17)30-23(18-8-3-4-9-19(18)29)22(25(32)27(30)33)24(31)20-11-14-10-15(28)12-21(35-2)26(14)36-20/h3-13,23,32H,1-2H3.